The van der Waals surface area contributed by atoms with Gasteiger partial charge in [-0.05, 0) is 41.6 Å². The molecule has 20 heavy (non-hydrogen) atoms. The zero-order chi connectivity index (χ0) is 14.0. The Morgan fingerprint density at radius 2 is 2.25 bits per heavy atom. The van der Waals surface area contributed by atoms with E-state index in [9.17, 15) is 14.9 Å². The molecule has 1 unspecified atom stereocenters. The third-order valence-electron chi connectivity index (χ3n) is 3.30. The summed E-state index contributed by atoms with van der Waals surface area (Å²) < 4.78 is 0.606. The first-order valence-corrected chi connectivity index (χ1v) is 7.00. The standard InChI is InChI=1S/C12H14IN3O3.ClH/c1-15(9-4-5-14-7-9)12(17)10-3-2-8(16(18)19)6-11(10)13;/h2-3,6,9,14H,4-5,7H2,1H3;1H. The summed E-state index contributed by atoms with van der Waals surface area (Å²) >= 11 is 1.96. The highest BCUT2D eigenvalue weighted by Gasteiger charge is 2.25. The van der Waals surface area contributed by atoms with Gasteiger partial charge in [-0.3, -0.25) is 14.9 Å². The predicted molar refractivity (Wildman–Crippen MR) is 86.4 cm³/mol. The first kappa shape index (κ1) is 17.1. The molecular weight excluding hydrogens is 397 g/mol. The lowest BCUT2D eigenvalue weighted by atomic mass is 10.1. The van der Waals surface area contributed by atoms with Gasteiger partial charge in [0, 0.05) is 35.3 Å². The molecule has 1 atom stereocenters. The summed E-state index contributed by atoms with van der Waals surface area (Å²) in [6, 6.07) is 4.52. The van der Waals surface area contributed by atoms with Crippen LogP contribution in [0.25, 0.3) is 0 Å². The average Bonchev–Trinajstić information content (AvgIpc) is 2.90. The lowest BCUT2D eigenvalue weighted by Crippen LogP contribution is -2.38. The van der Waals surface area contributed by atoms with Gasteiger partial charge in [-0.2, -0.15) is 0 Å². The van der Waals surface area contributed by atoms with Crippen molar-refractivity contribution in [3.63, 3.8) is 0 Å². The van der Waals surface area contributed by atoms with Gasteiger partial charge in [0.2, 0.25) is 0 Å². The van der Waals surface area contributed by atoms with Gasteiger partial charge in [0.15, 0.2) is 0 Å². The number of likely N-dealkylation sites (N-methyl/N-ethyl adjacent to an activating group) is 1. The monoisotopic (exact) mass is 411 g/mol. The zero-order valence-corrected chi connectivity index (χ0v) is 13.8. The predicted octanol–water partition coefficient (Wildman–Crippen LogP) is 2.06. The third-order valence-corrected chi connectivity index (χ3v) is 4.19. The molecule has 0 saturated carbocycles. The van der Waals surface area contributed by atoms with E-state index in [2.05, 4.69) is 5.32 Å². The second-order valence-electron chi connectivity index (χ2n) is 4.48. The SMILES string of the molecule is CN(C(=O)c1ccc([N+](=O)[O-])cc1I)C1CCNC1.Cl. The number of benzene rings is 1. The summed E-state index contributed by atoms with van der Waals surface area (Å²) in [7, 11) is 1.78. The fourth-order valence-electron chi connectivity index (χ4n) is 2.12. The van der Waals surface area contributed by atoms with E-state index in [4.69, 9.17) is 0 Å². The number of rotatable bonds is 3. The molecule has 1 aromatic carbocycles. The molecule has 0 aromatic heterocycles. The van der Waals surface area contributed by atoms with E-state index in [0.29, 0.717) is 9.13 Å². The van der Waals surface area contributed by atoms with Gasteiger partial charge in [-0.1, -0.05) is 0 Å². The van der Waals surface area contributed by atoms with E-state index in [1.54, 1.807) is 11.9 Å². The van der Waals surface area contributed by atoms with E-state index in [1.165, 1.54) is 18.2 Å². The number of halogens is 2. The van der Waals surface area contributed by atoms with Crippen LogP contribution in [0.4, 0.5) is 5.69 Å². The fraction of sp³-hybridized carbons (Fsp3) is 0.417. The number of hydrogen-bond acceptors (Lipinski definition) is 4. The van der Waals surface area contributed by atoms with E-state index in [1.807, 2.05) is 22.6 Å². The van der Waals surface area contributed by atoms with Gasteiger partial charge >= 0.3 is 0 Å². The molecular formula is C12H15ClIN3O3. The van der Waals surface area contributed by atoms with Crippen molar-refractivity contribution in [2.45, 2.75) is 12.5 Å². The molecule has 6 nitrogen and oxygen atoms in total. The number of nitro benzene ring substituents is 1. The van der Waals surface area contributed by atoms with Crippen molar-refractivity contribution in [3.05, 3.63) is 37.4 Å². The second kappa shape index (κ2) is 7.19. The van der Waals surface area contributed by atoms with E-state index >= 15 is 0 Å². The number of non-ortho nitro benzene ring substituents is 1. The van der Waals surface area contributed by atoms with E-state index < -0.39 is 4.92 Å². The Morgan fingerprint density at radius 3 is 2.75 bits per heavy atom. The third kappa shape index (κ3) is 3.58. The molecule has 1 aliphatic rings. The molecule has 2 rings (SSSR count). The number of nitro groups is 1. The summed E-state index contributed by atoms with van der Waals surface area (Å²) in [5.41, 5.74) is 0.520. The summed E-state index contributed by atoms with van der Waals surface area (Å²) in [6.45, 7) is 1.71. The molecule has 110 valence electrons. The molecule has 8 heteroatoms. The topological polar surface area (TPSA) is 75.5 Å². The molecule has 1 aromatic rings. The van der Waals surface area contributed by atoms with Gasteiger partial charge in [-0.25, -0.2) is 0 Å². The zero-order valence-electron chi connectivity index (χ0n) is 10.8. The van der Waals surface area contributed by atoms with Crippen LogP contribution in [0.5, 0.6) is 0 Å². The molecule has 1 amide bonds. The van der Waals surface area contributed by atoms with E-state index in [-0.39, 0.29) is 30.0 Å². The summed E-state index contributed by atoms with van der Waals surface area (Å²) in [5, 5.41) is 13.9. The van der Waals surface area contributed by atoms with Crippen molar-refractivity contribution in [3.8, 4) is 0 Å². The van der Waals surface area contributed by atoms with Crippen LogP contribution in [0.1, 0.15) is 16.8 Å². The van der Waals surface area contributed by atoms with Crippen LogP contribution in [0.15, 0.2) is 18.2 Å². The van der Waals surface area contributed by atoms with Crippen molar-refractivity contribution >= 4 is 46.6 Å². The molecule has 0 bridgehead atoms. The van der Waals surface area contributed by atoms with Crippen LogP contribution in [-0.2, 0) is 0 Å². The fourth-order valence-corrected chi connectivity index (χ4v) is 2.85. The Morgan fingerprint density at radius 1 is 1.55 bits per heavy atom. The lowest BCUT2D eigenvalue weighted by molar-refractivity contribution is -0.384. The van der Waals surface area contributed by atoms with Crippen LogP contribution in [0, 0.1) is 13.7 Å². The molecule has 0 radical (unpaired) electrons. The molecule has 1 heterocycles. The summed E-state index contributed by atoms with van der Waals surface area (Å²) in [6.07, 6.45) is 0.936. The number of carbonyl (C=O) groups excluding carboxylic acids is 1. The maximum absolute atomic E-state index is 12.4. The largest absolute Gasteiger partial charge is 0.337 e. The number of amides is 1. The van der Waals surface area contributed by atoms with Gasteiger partial charge in [0.05, 0.1) is 10.5 Å². The minimum Gasteiger partial charge on any atom is -0.337 e. The number of nitrogens with zero attached hydrogens (tertiary/aromatic N) is 2. The van der Waals surface area contributed by atoms with Crippen LogP contribution >= 0.6 is 35.0 Å². The Bertz CT molecular complexity index is 521. The Labute approximate surface area is 136 Å². The molecule has 1 saturated heterocycles. The highest BCUT2D eigenvalue weighted by Crippen LogP contribution is 2.22. The van der Waals surface area contributed by atoms with Crippen molar-refractivity contribution in [1.29, 1.82) is 0 Å². The summed E-state index contributed by atoms with van der Waals surface area (Å²) in [4.78, 5) is 24.3. The van der Waals surface area contributed by atoms with Gasteiger partial charge in [0.1, 0.15) is 0 Å². The van der Waals surface area contributed by atoms with Crippen molar-refractivity contribution in [1.82, 2.24) is 10.2 Å². The van der Waals surface area contributed by atoms with Crippen molar-refractivity contribution in [2.24, 2.45) is 0 Å². The normalized spacial score (nSPS) is 17.4. The second-order valence-corrected chi connectivity index (χ2v) is 5.65. The van der Waals surface area contributed by atoms with Crippen LogP contribution in [-0.4, -0.2) is 41.9 Å². The van der Waals surface area contributed by atoms with Gasteiger partial charge < -0.3 is 10.2 Å². The Kier molecular flexibility index (Phi) is 6.15. The van der Waals surface area contributed by atoms with Crippen LogP contribution in [0.3, 0.4) is 0 Å². The first-order chi connectivity index (χ1) is 9.00. The quantitative estimate of drug-likeness (QED) is 0.469. The molecule has 1 fully saturated rings. The number of carbonyl (C=O) groups is 1. The molecule has 0 spiro atoms. The Balaban J connectivity index is 0.00000200. The lowest BCUT2D eigenvalue weighted by Gasteiger charge is -2.24. The number of nitrogens with one attached hydrogen (secondary N) is 1. The van der Waals surface area contributed by atoms with Crippen LogP contribution in [0.2, 0.25) is 0 Å². The number of hydrogen-bond donors (Lipinski definition) is 1. The minimum atomic E-state index is -0.457. The Hall–Kier alpha value is -0.930. The van der Waals surface area contributed by atoms with Crippen molar-refractivity contribution in [2.75, 3.05) is 20.1 Å². The van der Waals surface area contributed by atoms with Gasteiger partial charge in [0.25, 0.3) is 11.6 Å². The van der Waals surface area contributed by atoms with E-state index in [0.717, 1.165) is 19.5 Å². The highest BCUT2D eigenvalue weighted by molar-refractivity contribution is 14.1. The maximum Gasteiger partial charge on any atom is 0.270 e. The molecule has 1 N–H and O–H groups in total. The highest BCUT2D eigenvalue weighted by atomic mass is 127. The molecule has 1 aliphatic heterocycles. The van der Waals surface area contributed by atoms with Crippen molar-refractivity contribution < 1.29 is 9.72 Å². The smallest absolute Gasteiger partial charge is 0.270 e. The van der Waals surface area contributed by atoms with Crippen LogP contribution < -0.4 is 5.32 Å². The summed E-state index contributed by atoms with van der Waals surface area (Å²) in [5.74, 6) is -0.0898. The average molecular weight is 412 g/mol. The first-order valence-electron chi connectivity index (χ1n) is 5.92. The maximum atomic E-state index is 12.4. The molecule has 0 aliphatic carbocycles. The minimum absolute atomic E-state index is 0. The van der Waals surface area contributed by atoms with Gasteiger partial charge in [-0.15, -0.1) is 12.4 Å².